The third kappa shape index (κ3) is 3.18. The van der Waals surface area contributed by atoms with Crippen molar-refractivity contribution in [2.45, 2.75) is 78.6 Å². The molecule has 0 aromatic carbocycles. The van der Waals surface area contributed by atoms with Crippen molar-refractivity contribution in [1.82, 2.24) is 0 Å². The lowest BCUT2D eigenvalue weighted by atomic mass is 9.46. The summed E-state index contributed by atoms with van der Waals surface area (Å²) in [6.45, 7) is 6.62. The van der Waals surface area contributed by atoms with E-state index < -0.39 is 17.4 Å². The highest BCUT2D eigenvalue weighted by Crippen LogP contribution is 2.70. The molecule has 4 nitrogen and oxygen atoms in total. The van der Waals surface area contributed by atoms with Gasteiger partial charge >= 0.3 is 11.9 Å². The molecule has 164 valence electrons. The predicted octanol–water partition coefficient (Wildman–Crippen LogP) is 6.00. The smallest absolute Gasteiger partial charge is 0.307 e. The molecule has 4 rings (SSSR count). The molecule has 0 saturated heterocycles. The minimum atomic E-state index is -0.846. The van der Waals surface area contributed by atoms with Crippen LogP contribution in [0.3, 0.4) is 0 Å². The summed E-state index contributed by atoms with van der Waals surface area (Å²) < 4.78 is 0. The van der Waals surface area contributed by atoms with Gasteiger partial charge in [0.2, 0.25) is 0 Å². The number of aliphatic carboxylic acids is 2. The molecule has 6 atom stereocenters. The molecule has 4 heteroatoms. The van der Waals surface area contributed by atoms with Gasteiger partial charge in [-0.25, -0.2) is 0 Å². The number of fused-ring (bicyclic) bond motifs is 5. The summed E-state index contributed by atoms with van der Waals surface area (Å²) in [5.41, 5.74) is 2.05. The second-order valence-electron chi connectivity index (χ2n) is 10.9. The van der Waals surface area contributed by atoms with Crippen LogP contribution >= 0.6 is 0 Å². The van der Waals surface area contributed by atoms with E-state index in [0.717, 1.165) is 44.1 Å². The van der Waals surface area contributed by atoms with Crippen LogP contribution in [-0.4, -0.2) is 22.2 Å². The van der Waals surface area contributed by atoms with Gasteiger partial charge in [-0.05, 0) is 86.0 Å². The van der Waals surface area contributed by atoms with Crippen LogP contribution in [0.1, 0.15) is 78.6 Å². The lowest BCUT2D eigenvalue weighted by Gasteiger charge is -2.58. The molecule has 2 N–H and O–H groups in total. The van der Waals surface area contributed by atoms with Crippen molar-refractivity contribution in [3.05, 3.63) is 35.5 Å². The molecule has 0 spiro atoms. The molecule has 4 aliphatic carbocycles. The number of rotatable bonds is 5. The van der Waals surface area contributed by atoms with Gasteiger partial charge in [0.15, 0.2) is 0 Å². The third-order valence-corrected chi connectivity index (χ3v) is 9.50. The third-order valence-electron chi connectivity index (χ3n) is 9.50. The fourth-order valence-corrected chi connectivity index (χ4v) is 8.08. The maximum Gasteiger partial charge on any atom is 0.307 e. The Bertz CT molecular complexity index is 836. The summed E-state index contributed by atoms with van der Waals surface area (Å²) >= 11 is 0. The van der Waals surface area contributed by atoms with E-state index in [1.807, 2.05) is 6.92 Å². The highest BCUT2D eigenvalue weighted by Gasteiger charge is 2.63. The molecular weight excluding hydrogens is 376 g/mol. The van der Waals surface area contributed by atoms with Crippen molar-refractivity contribution in [3.63, 3.8) is 0 Å². The van der Waals surface area contributed by atoms with E-state index in [-0.39, 0.29) is 23.7 Å². The topological polar surface area (TPSA) is 74.6 Å². The molecular formula is C26H36O4. The van der Waals surface area contributed by atoms with Crippen LogP contribution in [0.25, 0.3) is 0 Å². The Kier molecular flexibility index (Phi) is 5.27. The normalized spacial score (nSPS) is 42.7. The zero-order chi connectivity index (χ0) is 21.7. The van der Waals surface area contributed by atoms with E-state index in [2.05, 4.69) is 38.2 Å². The Morgan fingerprint density at radius 3 is 2.53 bits per heavy atom. The minimum absolute atomic E-state index is 0.00925. The first-order chi connectivity index (χ1) is 14.1. The molecule has 4 aliphatic rings. The van der Waals surface area contributed by atoms with Crippen molar-refractivity contribution < 1.29 is 19.8 Å². The first kappa shape index (κ1) is 21.4. The van der Waals surface area contributed by atoms with Crippen molar-refractivity contribution in [2.24, 2.45) is 34.0 Å². The molecule has 0 aromatic rings. The number of carboxylic acids is 2. The van der Waals surface area contributed by atoms with Crippen LogP contribution in [0.15, 0.2) is 35.5 Å². The lowest BCUT2D eigenvalue weighted by molar-refractivity contribution is -0.142. The quantitative estimate of drug-likeness (QED) is 0.543. The number of carboxylic acid groups (broad SMARTS) is 2. The minimum Gasteiger partial charge on any atom is -0.481 e. The fraction of sp³-hybridized carbons (Fsp3) is 0.692. The van der Waals surface area contributed by atoms with Crippen LogP contribution in [0, 0.1) is 34.0 Å². The van der Waals surface area contributed by atoms with Gasteiger partial charge in [0.25, 0.3) is 0 Å². The maximum absolute atomic E-state index is 11.9. The summed E-state index contributed by atoms with van der Waals surface area (Å²) in [7, 11) is 0. The number of hydrogen-bond donors (Lipinski definition) is 2. The van der Waals surface area contributed by atoms with Crippen LogP contribution in [-0.2, 0) is 9.59 Å². The van der Waals surface area contributed by atoms with Gasteiger partial charge in [0, 0.05) is 5.41 Å². The van der Waals surface area contributed by atoms with Crippen molar-refractivity contribution >= 4 is 11.9 Å². The van der Waals surface area contributed by atoms with Gasteiger partial charge in [0.1, 0.15) is 0 Å². The van der Waals surface area contributed by atoms with E-state index in [9.17, 15) is 19.8 Å². The van der Waals surface area contributed by atoms with Crippen LogP contribution < -0.4 is 0 Å². The molecule has 0 aromatic heterocycles. The monoisotopic (exact) mass is 412 g/mol. The van der Waals surface area contributed by atoms with Gasteiger partial charge in [-0.2, -0.15) is 0 Å². The molecule has 0 bridgehead atoms. The van der Waals surface area contributed by atoms with Crippen LogP contribution in [0.4, 0.5) is 0 Å². The largest absolute Gasteiger partial charge is 0.481 e. The zero-order valence-electron chi connectivity index (χ0n) is 18.6. The standard InChI is InChI=1S/C26H36O4/c1-17(14-22(27)28)15-26(16-23(29)30)13-10-21-19-8-7-18-6-4-5-11-24(18,2)20(19)9-12-25(21,26)3/h4,6-7,15,19-21H,5,8-14,16H2,1-3H3,(H,27,28)(H,29,30)/t19-,20+,21+,24+,25+,26-/m1/s1. The van der Waals surface area contributed by atoms with E-state index in [1.165, 1.54) is 12.0 Å². The molecule has 0 radical (unpaired) electrons. The number of carbonyl (C=O) groups is 2. The maximum atomic E-state index is 11.9. The first-order valence-corrected chi connectivity index (χ1v) is 11.6. The number of allylic oxidation sites excluding steroid dienone is 5. The Labute approximate surface area is 180 Å². The highest BCUT2D eigenvalue weighted by molar-refractivity contribution is 5.71. The molecule has 0 amide bonds. The van der Waals surface area contributed by atoms with Gasteiger partial charge in [-0.1, -0.05) is 43.7 Å². The summed E-state index contributed by atoms with van der Waals surface area (Å²) in [6.07, 6.45) is 16.8. The predicted molar refractivity (Wildman–Crippen MR) is 117 cm³/mol. The molecule has 2 fully saturated rings. The molecule has 30 heavy (non-hydrogen) atoms. The van der Waals surface area contributed by atoms with E-state index in [4.69, 9.17) is 0 Å². The fourth-order valence-electron chi connectivity index (χ4n) is 8.08. The van der Waals surface area contributed by atoms with Crippen molar-refractivity contribution in [1.29, 1.82) is 0 Å². The van der Waals surface area contributed by atoms with Gasteiger partial charge in [-0.3, -0.25) is 9.59 Å². The Morgan fingerprint density at radius 2 is 1.83 bits per heavy atom. The highest BCUT2D eigenvalue weighted by atomic mass is 16.4. The van der Waals surface area contributed by atoms with Crippen LogP contribution in [0.2, 0.25) is 0 Å². The van der Waals surface area contributed by atoms with Gasteiger partial charge < -0.3 is 10.2 Å². The van der Waals surface area contributed by atoms with E-state index in [1.54, 1.807) is 0 Å². The lowest BCUT2D eigenvalue weighted by Crippen LogP contribution is -2.51. The van der Waals surface area contributed by atoms with Crippen molar-refractivity contribution in [3.8, 4) is 0 Å². The van der Waals surface area contributed by atoms with E-state index in [0.29, 0.717) is 17.8 Å². The van der Waals surface area contributed by atoms with Gasteiger partial charge in [0.05, 0.1) is 12.8 Å². The summed E-state index contributed by atoms with van der Waals surface area (Å²) in [6, 6.07) is 0. The molecule has 0 unspecified atom stereocenters. The molecule has 0 aliphatic heterocycles. The van der Waals surface area contributed by atoms with Crippen LogP contribution in [0.5, 0.6) is 0 Å². The van der Waals surface area contributed by atoms with Gasteiger partial charge in [-0.15, -0.1) is 0 Å². The summed E-state index contributed by atoms with van der Waals surface area (Å²) in [5.74, 6) is 0.164. The second-order valence-corrected chi connectivity index (χ2v) is 10.9. The Balaban J connectivity index is 1.71. The summed E-state index contributed by atoms with van der Waals surface area (Å²) in [5, 5.41) is 19.0. The van der Waals surface area contributed by atoms with E-state index >= 15 is 0 Å². The average molecular weight is 413 g/mol. The number of hydrogen-bond acceptors (Lipinski definition) is 2. The van der Waals surface area contributed by atoms with Crippen molar-refractivity contribution in [2.75, 3.05) is 0 Å². The average Bonchev–Trinajstić information content (AvgIpc) is 2.92. The summed E-state index contributed by atoms with van der Waals surface area (Å²) in [4.78, 5) is 23.2. The zero-order valence-corrected chi connectivity index (χ0v) is 18.6. The Morgan fingerprint density at radius 1 is 1.10 bits per heavy atom. The second kappa shape index (κ2) is 7.39. The molecule has 0 heterocycles. The molecule has 2 saturated carbocycles. The first-order valence-electron chi connectivity index (χ1n) is 11.6. The SMILES string of the molecule is CC(=C[C@@]1(CC(=O)O)CC[C@H]2[C@@H]3CC=C4C=CCC[C@]4(C)[C@H]3CC[C@@]21C)CC(=O)O. The Hall–Kier alpha value is -1.84.